The minimum Gasteiger partial charge on any atom is -0.373 e. The van der Waals surface area contributed by atoms with Gasteiger partial charge in [-0.05, 0) is 25.0 Å². The number of anilines is 1. The van der Waals surface area contributed by atoms with Gasteiger partial charge in [0.05, 0.1) is 13.2 Å². The van der Waals surface area contributed by atoms with Crippen molar-refractivity contribution in [3.63, 3.8) is 0 Å². The number of aromatic nitrogens is 1. The van der Waals surface area contributed by atoms with Crippen molar-refractivity contribution in [2.45, 2.75) is 18.8 Å². The van der Waals surface area contributed by atoms with Crippen LogP contribution in [0.2, 0.25) is 0 Å². The fourth-order valence-corrected chi connectivity index (χ4v) is 2.36. The first-order chi connectivity index (χ1) is 10.9. The molecule has 2 heterocycles. The van der Waals surface area contributed by atoms with Gasteiger partial charge in [-0.3, -0.25) is 9.59 Å². The summed E-state index contributed by atoms with van der Waals surface area (Å²) in [6.45, 7) is -1.20. The summed E-state index contributed by atoms with van der Waals surface area (Å²) in [4.78, 5) is 29.2. The summed E-state index contributed by atoms with van der Waals surface area (Å²) in [5, 5.41) is 2.64. The summed E-state index contributed by atoms with van der Waals surface area (Å²) in [5.41, 5.74) is 0.212. The first-order valence-electron chi connectivity index (χ1n) is 7.46. The molecule has 1 saturated heterocycles. The molecule has 1 N–H and O–H groups in total. The molecule has 1 aliphatic heterocycles. The number of carbonyl (C=O) groups is 2. The second-order valence-corrected chi connectivity index (χ2v) is 5.83. The van der Waals surface area contributed by atoms with Crippen LogP contribution in [0.15, 0.2) is 18.3 Å². The summed E-state index contributed by atoms with van der Waals surface area (Å²) in [6.07, 6.45) is 3.09. The van der Waals surface area contributed by atoms with Crippen LogP contribution in [-0.4, -0.2) is 53.9 Å². The summed E-state index contributed by atoms with van der Waals surface area (Å²) < 4.78 is 31.9. The van der Waals surface area contributed by atoms with Crippen LogP contribution in [0, 0.1) is 5.92 Å². The fraction of sp³-hybridized carbons (Fsp3) is 0.533. The number of amides is 2. The van der Waals surface area contributed by atoms with Gasteiger partial charge in [-0.15, -0.1) is 0 Å². The van der Waals surface area contributed by atoms with Gasteiger partial charge in [0.25, 0.3) is 11.8 Å². The number of carbonyl (C=O) groups excluding carboxylic acids is 2. The van der Waals surface area contributed by atoms with Crippen LogP contribution in [0.4, 0.5) is 14.6 Å². The molecule has 0 spiro atoms. The molecule has 0 unspecified atom stereocenters. The standard InChI is InChI=1S/C15H17F2N3O3/c16-15(17)8-20(5-6-23-9-15)14(22)11-3-4-18-12(7-11)19-13(21)10-1-2-10/h3-4,7,10H,1-2,5-6,8-9H2,(H,18,19,21). The Bertz CT molecular complexity index is 620. The van der Waals surface area contributed by atoms with Crippen molar-refractivity contribution in [1.29, 1.82) is 0 Å². The van der Waals surface area contributed by atoms with Gasteiger partial charge in [-0.25, -0.2) is 13.8 Å². The number of alkyl halides is 2. The van der Waals surface area contributed by atoms with Crippen molar-refractivity contribution < 1.29 is 23.1 Å². The smallest absolute Gasteiger partial charge is 0.288 e. The Morgan fingerprint density at radius 3 is 2.91 bits per heavy atom. The summed E-state index contributed by atoms with van der Waals surface area (Å²) >= 11 is 0. The molecule has 0 atom stereocenters. The zero-order valence-electron chi connectivity index (χ0n) is 12.4. The lowest BCUT2D eigenvalue weighted by Gasteiger charge is -2.23. The maximum absolute atomic E-state index is 13.5. The van der Waals surface area contributed by atoms with Crippen molar-refractivity contribution in [3.8, 4) is 0 Å². The van der Waals surface area contributed by atoms with E-state index in [2.05, 4.69) is 10.3 Å². The van der Waals surface area contributed by atoms with Crippen LogP contribution in [0.25, 0.3) is 0 Å². The number of ether oxygens (including phenoxy) is 1. The maximum atomic E-state index is 13.5. The topological polar surface area (TPSA) is 71.5 Å². The number of nitrogens with one attached hydrogen (secondary N) is 1. The van der Waals surface area contributed by atoms with Crippen LogP contribution in [0.3, 0.4) is 0 Å². The average molecular weight is 325 g/mol. The molecule has 2 fully saturated rings. The van der Waals surface area contributed by atoms with Gasteiger partial charge in [0.15, 0.2) is 0 Å². The summed E-state index contributed by atoms with van der Waals surface area (Å²) in [5.74, 6) is -3.46. The van der Waals surface area contributed by atoms with Crippen LogP contribution in [-0.2, 0) is 9.53 Å². The minimum atomic E-state index is -3.07. The van der Waals surface area contributed by atoms with E-state index in [1.54, 1.807) is 0 Å². The Morgan fingerprint density at radius 1 is 1.39 bits per heavy atom. The van der Waals surface area contributed by atoms with Crippen LogP contribution in [0.5, 0.6) is 0 Å². The molecule has 1 aliphatic carbocycles. The average Bonchev–Trinajstić information content (AvgIpc) is 3.34. The third-order valence-electron chi connectivity index (χ3n) is 3.73. The van der Waals surface area contributed by atoms with E-state index in [-0.39, 0.29) is 36.4 Å². The Hall–Kier alpha value is -2.09. The second-order valence-electron chi connectivity index (χ2n) is 5.83. The SMILES string of the molecule is O=C(Nc1cc(C(=O)N2CCOCC(F)(F)C2)ccn1)C1CC1. The quantitative estimate of drug-likeness (QED) is 0.915. The largest absolute Gasteiger partial charge is 0.373 e. The zero-order valence-corrected chi connectivity index (χ0v) is 12.4. The van der Waals surface area contributed by atoms with E-state index in [0.717, 1.165) is 17.7 Å². The van der Waals surface area contributed by atoms with Gasteiger partial charge >= 0.3 is 0 Å². The van der Waals surface area contributed by atoms with E-state index in [1.807, 2.05) is 0 Å². The summed E-state index contributed by atoms with van der Waals surface area (Å²) in [7, 11) is 0. The number of halogens is 2. The highest BCUT2D eigenvalue weighted by molar-refractivity contribution is 5.97. The van der Waals surface area contributed by atoms with E-state index < -0.39 is 25.0 Å². The molecule has 2 amide bonds. The second kappa shape index (κ2) is 6.19. The molecule has 23 heavy (non-hydrogen) atoms. The lowest BCUT2D eigenvalue weighted by atomic mass is 10.2. The number of hydrogen-bond acceptors (Lipinski definition) is 4. The zero-order chi connectivity index (χ0) is 16.4. The van der Waals surface area contributed by atoms with E-state index in [0.29, 0.717) is 0 Å². The Kier molecular flexibility index (Phi) is 4.25. The van der Waals surface area contributed by atoms with Gasteiger partial charge in [0.1, 0.15) is 12.4 Å². The highest BCUT2D eigenvalue weighted by Crippen LogP contribution is 2.30. The molecule has 0 radical (unpaired) electrons. The fourth-order valence-electron chi connectivity index (χ4n) is 2.36. The lowest BCUT2D eigenvalue weighted by Crippen LogP contribution is -2.41. The lowest BCUT2D eigenvalue weighted by molar-refractivity contribution is -0.117. The van der Waals surface area contributed by atoms with Crippen LogP contribution < -0.4 is 5.32 Å². The van der Waals surface area contributed by atoms with Gasteiger partial charge in [0.2, 0.25) is 5.91 Å². The molecule has 1 aromatic heterocycles. The van der Waals surface area contributed by atoms with E-state index in [4.69, 9.17) is 4.74 Å². The highest BCUT2D eigenvalue weighted by Gasteiger charge is 2.36. The molecular weight excluding hydrogens is 308 g/mol. The molecule has 1 aromatic rings. The van der Waals surface area contributed by atoms with Crippen molar-refractivity contribution in [3.05, 3.63) is 23.9 Å². The maximum Gasteiger partial charge on any atom is 0.288 e. The molecular formula is C15H17F2N3O3. The van der Waals surface area contributed by atoms with E-state index >= 15 is 0 Å². The monoisotopic (exact) mass is 325 g/mol. The van der Waals surface area contributed by atoms with E-state index in [1.165, 1.54) is 18.3 Å². The molecule has 3 rings (SSSR count). The van der Waals surface area contributed by atoms with Crippen LogP contribution in [0.1, 0.15) is 23.2 Å². The molecule has 8 heteroatoms. The van der Waals surface area contributed by atoms with Crippen molar-refractivity contribution in [2.24, 2.45) is 5.92 Å². The predicted molar refractivity (Wildman–Crippen MR) is 77.3 cm³/mol. The molecule has 2 aliphatic rings. The normalized spacial score (nSPS) is 20.7. The first kappa shape index (κ1) is 15.8. The molecule has 6 nitrogen and oxygen atoms in total. The predicted octanol–water partition coefficient (Wildman–Crippen LogP) is 1.54. The van der Waals surface area contributed by atoms with Gasteiger partial charge < -0.3 is 15.0 Å². The molecule has 1 saturated carbocycles. The van der Waals surface area contributed by atoms with E-state index in [9.17, 15) is 18.4 Å². The summed E-state index contributed by atoms with van der Waals surface area (Å²) in [6, 6.07) is 2.85. The van der Waals surface area contributed by atoms with Crippen molar-refractivity contribution in [1.82, 2.24) is 9.88 Å². The Labute approximate surface area is 131 Å². The van der Waals surface area contributed by atoms with Crippen molar-refractivity contribution in [2.75, 3.05) is 31.6 Å². The highest BCUT2D eigenvalue weighted by atomic mass is 19.3. The van der Waals surface area contributed by atoms with Crippen molar-refractivity contribution >= 4 is 17.6 Å². The Morgan fingerprint density at radius 2 is 2.17 bits per heavy atom. The molecule has 0 bridgehead atoms. The van der Waals surface area contributed by atoms with Gasteiger partial charge in [0, 0.05) is 24.2 Å². The van der Waals surface area contributed by atoms with Gasteiger partial charge in [-0.1, -0.05) is 0 Å². The molecule has 0 aromatic carbocycles. The third-order valence-corrected chi connectivity index (χ3v) is 3.73. The minimum absolute atomic E-state index is 0.0117. The third kappa shape index (κ3) is 4.01. The Balaban J connectivity index is 1.72. The van der Waals surface area contributed by atoms with Gasteiger partial charge in [-0.2, -0.15) is 0 Å². The molecule has 124 valence electrons. The number of rotatable bonds is 3. The number of pyridine rings is 1. The first-order valence-corrected chi connectivity index (χ1v) is 7.46. The number of hydrogen-bond donors (Lipinski definition) is 1. The number of nitrogens with zero attached hydrogens (tertiary/aromatic N) is 2. The van der Waals surface area contributed by atoms with Crippen LogP contribution >= 0.6 is 0 Å².